The molecule has 1 saturated heterocycles. The Hall–Kier alpha value is -2.76. The van der Waals surface area contributed by atoms with Crippen LogP contribution in [0.25, 0.3) is 16.9 Å². The van der Waals surface area contributed by atoms with Crippen molar-refractivity contribution in [2.24, 2.45) is 0 Å². The van der Waals surface area contributed by atoms with E-state index in [2.05, 4.69) is 20.0 Å². The van der Waals surface area contributed by atoms with Crippen molar-refractivity contribution in [3.63, 3.8) is 0 Å². The van der Waals surface area contributed by atoms with E-state index >= 15 is 0 Å². The third-order valence-electron chi connectivity index (χ3n) is 7.47. The number of imidazole rings is 1. The second-order valence-electron chi connectivity index (χ2n) is 9.90. The van der Waals surface area contributed by atoms with E-state index in [1.54, 1.807) is 33.9 Å². The third-order valence-corrected chi connectivity index (χ3v) is 9.37. The van der Waals surface area contributed by atoms with Gasteiger partial charge < -0.3 is 9.72 Å². The van der Waals surface area contributed by atoms with Crippen LogP contribution in [0.1, 0.15) is 57.5 Å². The number of ether oxygens (including phenoxy) is 1. The van der Waals surface area contributed by atoms with Crippen molar-refractivity contribution in [3.8, 4) is 17.1 Å². The molecule has 1 aromatic carbocycles. The van der Waals surface area contributed by atoms with Gasteiger partial charge in [-0.15, -0.1) is 5.10 Å². The maximum atomic E-state index is 13.6. The fourth-order valence-electron chi connectivity index (χ4n) is 5.61. The highest BCUT2D eigenvalue weighted by Gasteiger charge is 2.32. The Kier molecular flexibility index (Phi) is 7.37. The van der Waals surface area contributed by atoms with Gasteiger partial charge in [-0.1, -0.05) is 19.8 Å². The number of nitrogens with one attached hydrogen (secondary N) is 1. The lowest BCUT2D eigenvalue weighted by Crippen LogP contribution is -2.51. The summed E-state index contributed by atoms with van der Waals surface area (Å²) in [5.74, 6) is 1.41. The van der Waals surface area contributed by atoms with Crippen molar-refractivity contribution < 1.29 is 13.2 Å². The molecule has 0 radical (unpaired) electrons. The van der Waals surface area contributed by atoms with Crippen LogP contribution in [-0.2, 0) is 16.4 Å². The average molecular weight is 529 g/mol. The molecule has 3 heterocycles. The molecule has 0 spiro atoms. The summed E-state index contributed by atoms with van der Waals surface area (Å²) < 4.78 is 36.2. The SMILES string of the molecule is CCCc1nc(C)c2c(=O)[nH]c(-c3cc(S(=O)(=O)N4CCN(C5CCCC5)CC4)ccc3OCC)nn12. The number of H-pyrrole nitrogens is 1. The van der Waals surface area contributed by atoms with Crippen LogP contribution in [0, 0.1) is 6.92 Å². The molecule has 0 unspecified atom stereocenters. The van der Waals surface area contributed by atoms with Crippen molar-refractivity contribution >= 4 is 15.5 Å². The molecule has 0 atom stereocenters. The fourth-order valence-corrected chi connectivity index (χ4v) is 7.06. The van der Waals surface area contributed by atoms with Gasteiger partial charge in [-0.2, -0.15) is 4.31 Å². The van der Waals surface area contributed by atoms with Gasteiger partial charge in [0.2, 0.25) is 10.0 Å². The lowest BCUT2D eigenvalue weighted by molar-refractivity contribution is 0.139. The molecule has 2 aliphatic rings. The Morgan fingerprint density at radius 1 is 1.11 bits per heavy atom. The van der Waals surface area contributed by atoms with Gasteiger partial charge in [0, 0.05) is 38.6 Å². The Bertz CT molecular complexity index is 1430. The monoisotopic (exact) mass is 528 g/mol. The first-order valence-corrected chi connectivity index (χ1v) is 14.8. The van der Waals surface area contributed by atoms with Gasteiger partial charge in [-0.25, -0.2) is 17.9 Å². The van der Waals surface area contributed by atoms with Gasteiger partial charge >= 0.3 is 0 Å². The van der Waals surface area contributed by atoms with Gasteiger partial charge in [0.05, 0.1) is 22.8 Å². The number of nitrogens with zero attached hydrogens (tertiary/aromatic N) is 5. The number of aromatic amines is 1. The van der Waals surface area contributed by atoms with Gasteiger partial charge in [0.1, 0.15) is 11.6 Å². The summed E-state index contributed by atoms with van der Waals surface area (Å²) in [5.41, 5.74) is 1.12. The van der Waals surface area contributed by atoms with Crippen LogP contribution in [-0.4, -0.2) is 76.0 Å². The summed E-state index contributed by atoms with van der Waals surface area (Å²) in [6.07, 6.45) is 6.47. The number of benzene rings is 1. The molecule has 1 aliphatic heterocycles. The number of piperazine rings is 1. The predicted molar refractivity (Wildman–Crippen MR) is 142 cm³/mol. The summed E-state index contributed by atoms with van der Waals surface area (Å²) in [7, 11) is -3.72. The van der Waals surface area contributed by atoms with Crippen LogP contribution in [0.15, 0.2) is 27.9 Å². The molecular formula is C26H36N6O4S. The highest BCUT2D eigenvalue weighted by molar-refractivity contribution is 7.89. The molecule has 2 fully saturated rings. The topological polar surface area (TPSA) is 113 Å². The number of aryl methyl sites for hydroxylation is 2. The van der Waals surface area contributed by atoms with Gasteiger partial charge in [0.25, 0.3) is 5.56 Å². The van der Waals surface area contributed by atoms with Crippen molar-refractivity contribution in [1.29, 1.82) is 0 Å². The number of sulfonamides is 1. The van der Waals surface area contributed by atoms with Gasteiger partial charge in [-0.05, 0) is 51.3 Å². The maximum absolute atomic E-state index is 13.6. The molecule has 1 N–H and O–H groups in total. The van der Waals surface area contributed by atoms with Gasteiger partial charge in [-0.3, -0.25) is 9.69 Å². The first kappa shape index (κ1) is 25.9. The minimum Gasteiger partial charge on any atom is -0.493 e. The molecule has 3 aromatic rings. The van der Waals surface area contributed by atoms with E-state index in [0.717, 1.165) is 19.5 Å². The van der Waals surface area contributed by atoms with Crippen molar-refractivity contribution in [2.75, 3.05) is 32.8 Å². The van der Waals surface area contributed by atoms with E-state index in [1.165, 1.54) is 25.7 Å². The van der Waals surface area contributed by atoms with E-state index in [1.807, 2.05) is 13.8 Å². The highest BCUT2D eigenvalue weighted by atomic mass is 32.2. The summed E-state index contributed by atoms with van der Waals surface area (Å²) in [4.78, 5) is 23.0. The standard InChI is InChI=1S/C26H36N6O4S/c1-4-8-23-27-18(3)24-26(33)28-25(29-32(23)24)21-17-20(11-12-22(21)36-5-2)37(34,35)31-15-13-30(14-16-31)19-9-6-7-10-19/h11-12,17,19H,4-10,13-16H2,1-3H3,(H,28,29,33). The first-order valence-electron chi connectivity index (χ1n) is 13.3. The maximum Gasteiger partial charge on any atom is 0.277 e. The van der Waals surface area contributed by atoms with E-state index in [9.17, 15) is 13.2 Å². The molecule has 11 heteroatoms. The zero-order valence-electron chi connectivity index (χ0n) is 21.9. The summed E-state index contributed by atoms with van der Waals surface area (Å²) in [6, 6.07) is 5.38. The highest BCUT2D eigenvalue weighted by Crippen LogP contribution is 2.32. The van der Waals surface area contributed by atoms with E-state index in [0.29, 0.717) is 60.5 Å². The molecule has 1 saturated carbocycles. The number of fused-ring (bicyclic) bond motifs is 1. The molecule has 1 aliphatic carbocycles. The molecule has 10 nitrogen and oxygen atoms in total. The molecule has 37 heavy (non-hydrogen) atoms. The molecule has 200 valence electrons. The third kappa shape index (κ3) is 4.92. The zero-order chi connectivity index (χ0) is 26.2. The Labute approximate surface area is 217 Å². The smallest absolute Gasteiger partial charge is 0.277 e. The average Bonchev–Trinajstić information content (AvgIpc) is 3.53. The summed E-state index contributed by atoms with van der Waals surface area (Å²) in [6.45, 7) is 8.51. The lowest BCUT2D eigenvalue weighted by Gasteiger charge is -2.37. The van der Waals surface area contributed by atoms with E-state index in [-0.39, 0.29) is 16.3 Å². The fraction of sp³-hybridized carbons (Fsp3) is 0.577. The van der Waals surface area contributed by atoms with Crippen LogP contribution in [0.5, 0.6) is 5.75 Å². The quantitative estimate of drug-likeness (QED) is 0.478. The van der Waals surface area contributed by atoms with Crippen LogP contribution in [0.2, 0.25) is 0 Å². The molecule has 2 aromatic heterocycles. The van der Waals surface area contributed by atoms with E-state index in [4.69, 9.17) is 4.74 Å². The minimum atomic E-state index is -3.72. The largest absolute Gasteiger partial charge is 0.493 e. The second-order valence-corrected chi connectivity index (χ2v) is 11.8. The molecule has 0 amide bonds. The predicted octanol–water partition coefficient (Wildman–Crippen LogP) is 2.99. The van der Waals surface area contributed by atoms with Crippen LogP contribution in [0.3, 0.4) is 0 Å². The molecular weight excluding hydrogens is 492 g/mol. The number of hydrogen-bond donors (Lipinski definition) is 1. The molecule has 0 bridgehead atoms. The lowest BCUT2D eigenvalue weighted by atomic mass is 10.2. The Morgan fingerprint density at radius 2 is 1.84 bits per heavy atom. The van der Waals surface area contributed by atoms with E-state index < -0.39 is 10.0 Å². The van der Waals surface area contributed by atoms with Crippen LogP contribution < -0.4 is 10.3 Å². The number of rotatable bonds is 8. The van der Waals surface area contributed by atoms with Crippen molar-refractivity contribution in [1.82, 2.24) is 28.8 Å². The van der Waals surface area contributed by atoms with Crippen LogP contribution in [0.4, 0.5) is 0 Å². The summed E-state index contributed by atoms with van der Waals surface area (Å²) in [5, 5.41) is 4.68. The number of aromatic nitrogens is 4. The first-order chi connectivity index (χ1) is 17.8. The zero-order valence-corrected chi connectivity index (χ0v) is 22.7. The van der Waals surface area contributed by atoms with Crippen molar-refractivity contribution in [3.05, 3.63) is 40.1 Å². The Balaban J connectivity index is 1.50. The minimum absolute atomic E-state index is 0.165. The van der Waals surface area contributed by atoms with Gasteiger partial charge in [0.15, 0.2) is 11.3 Å². The Morgan fingerprint density at radius 3 is 2.51 bits per heavy atom. The number of hydrogen-bond acceptors (Lipinski definition) is 7. The van der Waals surface area contributed by atoms with Crippen LogP contribution >= 0.6 is 0 Å². The van der Waals surface area contributed by atoms with Crippen molar-refractivity contribution in [2.45, 2.75) is 70.2 Å². The second kappa shape index (κ2) is 10.5. The molecule has 5 rings (SSSR count). The summed E-state index contributed by atoms with van der Waals surface area (Å²) >= 11 is 0. The normalized spacial score (nSPS) is 18.1.